The van der Waals surface area contributed by atoms with Gasteiger partial charge in [-0.05, 0) is 13.8 Å². The summed E-state index contributed by atoms with van der Waals surface area (Å²) in [7, 11) is 0. The highest BCUT2D eigenvalue weighted by molar-refractivity contribution is 6.29. The lowest BCUT2D eigenvalue weighted by Crippen LogP contribution is -2.27. The lowest BCUT2D eigenvalue weighted by molar-refractivity contribution is 0.302. The van der Waals surface area contributed by atoms with E-state index in [0.29, 0.717) is 17.5 Å². The van der Waals surface area contributed by atoms with E-state index in [-0.39, 0.29) is 6.61 Å². The number of nitrogens with zero attached hydrogens (tertiary/aromatic N) is 3. The zero-order chi connectivity index (χ0) is 10.6. The number of aryl methyl sites for hydroxylation is 1. The van der Waals surface area contributed by atoms with E-state index < -0.39 is 0 Å². The molecule has 0 aliphatic carbocycles. The minimum Gasteiger partial charge on any atom is -0.395 e. The van der Waals surface area contributed by atoms with Gasteiger partial charge in [-0.3, -0.25) is 0 Å². The Balaban J connectivity index is 2.91. The Hall–Kier alpha value is -0.870. The van der Waals surface area contributed by atoms with Gasteiger partial charge in [0.1, 0.15) is 16.8 Å². The van der Waals surface area contributed by atoms with Gasteiger partial charge in [-0.2, -0.15) is 0 Å². The molecule has 5 heteroatoms. The predicted molar refractivity (Wildman–Crippen MR) is 56.8 cm³/mol. The Bertz CT molecular complexity index is 286. The molecule has 14 heavy (non-hydrogen) atoms. The molecule has 0 aliphatic rings. The van der Waals surface area contributed by atoms with E-state index in [2.05, 4.69) is 9.97 Å². The molecule has 0 bridgehead atoms. The number of aliphatic hydroxyl groups excluding tert-OH is 1. The molecule has 4 nitrogen and oxygen atoms in total. The van der Waals surface area contributed by atoms with Crippen LogP contribution in [0.25, 0.3) is 0 Å². The second-order valence-electron chi connectivity index (χ2n) is 2.90. The van der Waals surface area contributed by atoms with E-state index >= 15 is 0 Å². The molecular formula is C9H14ClN3O. The molecule has 0 unspecified atom stereocenters. The zero-order valence-electron chi connectivity index (χ0n) is 8.37. The van der Waals surface area contributed by atoms with Crippen LogP contribution in [0.1, 0.15) is 12.7 Å². The fraction of sp³-hybridized carbons (Fsp3) is 0.556. The molecule has 0 saturated carbocycles. The molecule has 1 aromatic rings. The molecule has 0 radical (unpaired) electrons. The molecule has 1 rings (SSSR count). The molecule has 1 aromatic heterocycles. The molecule has 0 spiro atoms. The highest BCUT2D eigenvalue weighted by Crippen LogP contribution is 2.15. The van der Waals surface area contributed by atoms with Crippen LogP contribution in [0.2, 0.25) is 5.15 Å². The fourth-order valence-corrected chi connectivity index (χ4v) is 1.45. The van der Waals surface area contributed by atoms with Crippen LogP contribution in [0.4, 0.5) is 5.82 Å². The van der Waals surface area contributed by atoms with Gasteiger partial charge in [-0.1, -0.05) is 11.6 Å². The minimum absolute atomic E-state index is 0.106. The first-order valence-electron chi connectivity index (χ1n) is 4.54. The number of rotatable bonds is 4. The Labute approximate surface area is 88.6 Å². The van der Waals surface area contributed by atoms with Crippen LogP contribution >= 0.6 is 11.6 Å². The van der Waals surface area contributed by atoms with E-state index in [1.165, 1.54) is 0 Å². The first-order chi connectivity index (χ1) is 6.67. The summed E-state index contributed by atoms with van der Waals surface area (Å²) in [4.78, 5) is 10.2. The third-order valence-electron chi connectivity index (χ3n) is 1.87. The third-order valence-corrected chi connectivity index (χ3v) is 2.06. The van der Waals surface area contributed by atoms with Gasteiger partial charge >= 0.3 is 0 Å². The third kappa shape index (κ3) is 2.82. The summed E-state index contributed by atoms with van der Waals surface area (Å²) in [5.74, 6) is 1.41. The maximum atomic E-state index is 8.85. The molecule has 1 N–H and O–H groups in total. The Morgan fingerprint density at radius 2 is 2.21 bits per heavy atom. The number of likely N-dealkylation sites (N-methyl/N-ethyl adjacent to an activating group) is 1. The van der Waals surface area contributed by atoms with Gasteiger partial charge in [0.2, 0.25) is 0 Å². The fourth-order valence-electron chi connectivity index (χ4n) is 1.23. The van der Waals surface area contributed by atoms with Crippen molar-refractivity contribution in [1.82, 2.24) is 9.97 Å². The van der Waals surface area contributed by atoms with Crippen molar-refractivity contribution < 1.29 is 5.11 Å². The van der Waals surface area contributed by atoms with Gasteiger partial charge in [0.05, 0.1) is 6.61 Å². The van der Waals surface area contributed by atoms with Crippen molar-refractivity contribution in [1.29, 1.82) is 0 Å². The average Bonchev–Trinajstić information content (AvgIpc) is 2.12. The average molecular weight is 216 g/mol. The molecule has 0 aliphatic heterocycles. The van der Waals surface area contributed by atoms with Gasteiger partial charge in [0.25, 0.3) is 0 Å². The zero-order valence-corrected chi connectivity index (χ0v) is 9.12. The molecule has 78 valence electrons. The van der Waals surface area contributed by atoms with E-state index in [1.54, 1.807) is 13.0 Å². The van der Waals surface area contributed by atoms with Crippen molar-refractivity contribution in [2.24, 2.45) is 0 Å². The normalized spacial score (nSPS) is 10.3. The van der Waals surface area contributed by atoms with Crippen molar-refractivity contribution in [2.75, 3.05) is 24.6 Å². The Morgan fingerprint density at radius 1 is 1.50 bits per heavy atom. The van der Waals surface area contributed by atoms with Crippen LogP contribution in [0.5, 0.6) is 0 Å². The largest absolute Gasteiger partial charge is 0.395 e. The van der Waals surface area contributed by atoms with E-state index in [9.17, 15) is 0 Å². The second kappa shape index (κ2) is 5.12. The molecule has 0 amide bonds. The van der Waals surface area contributed by atoms with Gasteiger partial charge < -0.3 is 10.0 Å². The number of anilines is 1. The summed E-state index contributed by atoms with van der Waals surface area (Å²) in [6.45, 7) is 5.24. The molecular weight excluding hydrogens is 202 g/mol. The number of hydrogen-bond donors (Lipinski definition) is 1. The van der Waals surface area contributed by atoms with Crippen LogP contribution in [-0.2, 0) is 0 Å². The Kier molecular flexibility index (Phi) is 4.10. The van der Waals surface area contributed by atoms with Crippen LogP contribution in [0.15, 0.2) is 6.07 Å². The lowest BCUT2D eigenvalue weighted by Gasteiger charge is -2.20. The van der Waals surface area contributed by atoms with Gasteiger partial charge in [-0.15, -0.1) is 0 Å². The summed E-state index contributed by atoms with van der Waals surface area (Å²) in [6.07, 6.45) is 0. The van der Waals surface area contributed by atoms with E-state index in [1.807, 2.05) is 11.8 Å². The van der Waals surface area contributed by atoms with E-state index in [4.69, 9.17) is 16.7 Å². The summed E-state index contributed by atoms with van der Waals surface area (Å²) in [5, 5.41) is 9.28. The molecule has 0 saturated heterocycles. The number of hydrogen-bond acceptors (Lipinski definition) is 4. The van der Waals surface area contributed by atoms with Crippen molar-refractivity contribution >= 4 is 17.4 Å². The first-order valence-corrected chi connectivity index (χ1v) is 4.92. The maximum Gasteiger partial charge on any atom is 0.134 e. The van der Waals surface area contributed by atoms with Crippen molar-refractivity contribution in [3.63, 3.8) is 0 Å². The SMILES string of the molecule is CCN(CCO)c1cc(Cl)nc(C)n1. The second-order valence-corrected chi connectivity index (χ2v) is 3.29. The predicted octanol–water partition coefficient (Wildman–Crippen LogP) is 1.26. The van der Waals surface area contributed by atoms with Gasteiger partial charge in [0, 0.05) is 19.2 Å². The molecule has 1 heterocycles. The quantitative estimate of drug-likeness (QED) is 0.769. The van der Waals surface area contributed by atoms with Crippen molar-refractivity contribution in [3.05, 3.63) is 17.0 Å². The number of aromatic nitrogens is 2. The number of halogens is 1. The summed E-state index contributed by atoms with van der Waals surface area (Å²) < 4.78 is 0. The summed E-state index contributed by atoms with van der Waals surface area (Å²) in [6, 6.07) is 1.70. The monoisotopic (exact) mass is 215 g/mol. The first kappa shape index (κ1) is 11.2. The van der Waals surface area contributed by atoms with Crippen LogP contribution < -0.4 is 4.90 Å². The van der Waals surface area contributed by atoms with E-state index in [0.717, 1.165) is 12.4 Å². The summed E-state index contributed by atoms with van der Waals surface area (Å²) >= 11 is 5.81. The van der Waals surface area contributed by atoms with Crippen LogP contribution in [-0.4, -0.2) is 34.8 Å². The van der Waals surface area contributed by atoms with Gasteiger partial charge in [0.15, 0.2) is 0 Å². The number of aliphatic hydroxyl groups is 1. The molecule has 0 atom stereocenters. The Morgan fingerprint density at radius 3 is 2.71 bits per heavy atom. The standard InChI is InChI=1S/C9H14ClN3O/c1-3-13(4-5-14)9-6-8(10)11-7(2)12-9/h6,14H,3-5H2,1-2H3. The van der Waals surface area contributed by atoms with Crippen LogP contribution in [0.3, 0.4) is 0 Å². The lowest BCUT2D eigenvalue weighted by atomic mass is 10.4. The smallest absolute Gasteiger partial charge is 0.134 e. The topological polar surface area (TPSA) is 49.2 Å². The maximum absolute atomic E-state index is 8.85. The highest BCUT2D eigenvalue weighted by atomic mass is 35.5. The van der Waals surface area contributed by atoms with Crippen molar-refractivity contribution in [3.8, 4) is 0 Å². The molecule has 0 aromatic carbocycles. The highest BCUT2D eigenvalue weighted by Gasteiger charge is 2.07. The van der Waals surface area contributed by atoms with Crippen molar-refractivity contribution in [2.45, 2.75) is 13.8 Å². The van der Waals surface area contributed by atoms with Gasteiger partial charge in [-0.25, -0.2) is 9.97 Å². The minimum atomic E-state index is 0.106. The van der Waals surface area contributed by atoms with Crippen LogP contribution in [0, 0.1) is 6.92 Å². The summed E-state index contributed by atoms with van der Waals surface area (Å²) in [5.41, 5.74) is 0. The molecule has 0 fully saturated rings.